The topological polar surface area (TPSA) is 74.0 Å². The normalized spacial score (nSPS) is 10.9. The second-order valence-corrected chi connectivity index (χ2v) is 4.31. The van der Waals surface area contributed by atoms with Crippen LogP contribution < -0.4 is 0 Å². The van der Waals surface area contributed by atoms with Crippen LogP contribution in [0.15, 0.2) is 35.3 Å². The lowest BCUT2D eigenvalue weighted by Crippen LogP contribution is -1.88. The number of nitrogens with zero attached hydrogens (tertiary/aromatic N) is 6. The fraction of sp³-hybridized carbons (Fsp3) is 0.0714. The second-order valence-electron chi connectivity index (χ2n) is 4.31. The van der Waals surface area contributed by atoms with Crippen LogP contribution in [0.3, 0.4) is 0 Å². The van der Waals surface area contributed by atoms with Crippen molar-refractivity contribution in [2.24, 2.45) is 0 Å². The fourth-order valence-corrected chi connectivity index (χ4v) is 1.83. The third-order valence-electron chi connectivity index (χ3n) is 2.70. The molecule has 0 saturated heterocycles. The average Bonchev–Trinajstić information content (AvgIpc) is 3.15. The maximum atomic E-state index is 7.10. The molecule has 0 saturated carbocycles. The van der Waals surface area contributed by atoms with E-state index in [-0.39, 0.29) is 0 Å². The minimum atomic E-state index is 0.387. The van der Waals surface area contributed by atoms with E-state index >= 15 is 0 Å². The molecule has 3 rings (SSSR count). The highest BCUT2D eigenvalue weighted by Gasteiger charge is 2.05. The molecule has 0 aliphatic heterocycles. The molecule has 0 spiro atoms. The van der Waals surface area contributed by atoms with Gasteiger partial charge in [0.2, 0.25) is 12.3 Å². The Balaban J connectivity index is 1.88. The minimum Gasteiger partial charge on any atom is -0.424 e. The van der Waals surface area contributed by atoms with Crippen LogP contribution in [0.1, 0.15) is 11.5 Å². The van der Waals surface area contributed by atoms with Crippen molar-refractivity contribution in [1.29, 1.82) is 0 Å². The van der Waals surface area contributed by atoms with E-state index in [1.807, 2.05) is 19.1 Å². The van der Waals surface area contributed by atoms with Gasteiger partial charge in [0, 0.05) is 17.8 Å². The molecule has 0 fully saturated rings. The highest BCUT2D eigenvalue weighted by Crippen LogP contribution is 2.23. The number of hydrogen-bond donors (Lipinski definition) is 0. The van der Waals surface area contributed by atoms with Gasteiger partial charge in [-0.1, -0.05) is 17.7 Å². The van der Waals surface area contributed by atoms with Crippen LogP contribution in [-0.2, 0) is 0 Å². The molecule has 0 amide bonds. The fourth-order valence-electron chi connectivity index (χ4n) is 1.83. The Morgan fingerprint density at radius 3 is 3.00 bits per heavy atom. The Morgan fingerprint density at radius 1 is 1.33 bits per heavy atom. The predicted molar refractivity (Wildman–Crippen MR) is 76.0 cm³/mol. The van der Waals surface area contributed by atoms with Crippen LogP contribution in [0.2, 0.25) is 0 Å². The summed E-state index contributed by atoms with van der Waals surface area (Å²) in [6.45, 7) is 9.03. The molecule has 0 radical (unpaired) electrons. The quantitative estimate of drug-likeness (QED) is 0.689. The van der Waals surface area contributed by atoms with Gasteiger partial charge in [-0.25, -0.2) is 14.5 Å². The van der Waals surface area contributed by atoms with Crippen molar-refractivity contribution in [3.8, 4) is 11.4 Å². The molecule has 2 heterocycles. The van der Waals surface area contributed by atoms with E-state index in [9.17, 15) is 0 Å². The molecule has 102 valence electrons. The first-order valence-electron chi connectivity index (χ1n) is 6.09. The number of aromatic nitrogens is 5. The van der Waals surface area contributed by atoms with Gasteiger partial charge in [-0.3, -0.25) is 0 Å². The van der Waals surface area contributed by atoms with Gasteiger partial charge in [0.05, 0.1) is 6.57 Å². The van der Waals surface area contributed by atoms with Crippen LogP contribution in [0, 0.1) is 13.5 Å². The highest BCUT2D eigenvalue weighted by molar-refractivity contribution is 5.64. The zero-order chi connectivity index (χ0) is 14.7. The Morgan fingerprint density at radius 2 is 2.24 bits per heavy atom. The first-order chi connectivity index (χ1) is 10.2. The summed E-state index contributed by atoms with van der Waals surface area (Å²) in [5.74, 6) is 0.941. The smallest absolute Gasteiger partial charge is 0.241 e. The molecule has 7 nitrogen and oxygen atoms in total. The van der Waals surface area contributed by atoms with Crippen LogP contribution in [0.4, 0.5) is 5.69 Å². The zero-order valence-electron chi connectivity index (χ0n) is 11.1. The molecule has 0 bridgehead atoms. The number of rotatable bonds is 3. The van der Waals surface area contributed by atoms with Gasteiger partial charge < -0.3 is 4.42 Å². The molecule has 0 atom stereocenters. The van der Waals surface area contributed by atoms with Crippen molar-refractivity contribution in [2.45, 2.75) is 6.92 Å². The zero-order valence-corrected chi connectivity index (χ0v) is 11.1. The van der Waals surface area contributed by atoms with E-state index in [0.29, 0.717) is 17.4 Å². The van der Waals surface area contributed by atoms with E-state index in [1.165, 1.54) is 6.39 Å². The van der Waals surface area contributed by atoms with Gasteiger partial charge in [0.15, 0.2) is 11.5 Å². The van der Waals surface area contributed by atoms with Crippen LogP contribution in [0.5, 0.6) is 0 Å². The van der Waals surface area contributed by atoms with Crippen LogP contribution in [-0.4, -0.2) is 25.0 Å². The van der Waals surface area contributed by atoms with Crippen molar-refractivity contribution in [3.05, 3.63) is 53.8 Å². The highest BCUT2D eigenvalue weighted by atomic mass is 16.4. The van der Waals surface area contributed by atoms with Gasteiger partial charge in [-0.05, 0) is 13.0 Å². The van der Waals surface area contributed by atoms with Crippen molar-refractivity contribution in [1.82, 2.24) is 25.0 Å². The Kier molecular flexibility index (Phi) is 3.27. The summed E-state index contributed by atoms with van der Waals surface area (Å²) >= 11 is 0. The van der Waals surface area contributed by atoms with Gasteiger partial charge in [-0.15, -0.1) is 15.3 Å². The lowest BCUT2D eigenvalue weighted by Gasteiger charge is -1.99. The number of aryl methyl sites for hydroxylation is 1. The van der Waals surface area contributed by atoms with E-state index in [2.05, 4.69) is 25.1 Å². The number of hydrogen-bond acceptors (Lipinski definition) is 5. The molecule has 3 aromatic rings. The molecule has 0 aliphatic carbocycles. The molecule has 0 N–H and O–H groups in total. The molecular formula is C14H10N6O. The van der Waals surface area contributed by atoms with Gasteiger partial charge in [-0.2, -0.15) is 0 Å². The molecule has 0 unspecified atom stereocenters. The van der Waals surface area contributed by atoms with E-state index in [0.717, 1.165) is 11.1 Å². The van der Waals surface area contributed by atoms with Gasteiger partial charge >= 0.3 is 0 Å². The van der Waals surface area contributed by atoms with Crippen molar-refractivity contribution in [3.63, 3.8) is 0 Å². The van der Waals surface area contributed by atoms with Crippen LogP contribution in [0.25, 0.3) is 28.5 Å². The van der Waals surface area contributed by atoms with Crippen molar-refractivity contribution in [2.75, 3.05) is 0 Å². The molecular weight excluding hydrogens is 268 g/mol. The summed E-state index contributed by atoms with van der Waals surface area (Å²) in [7, 11) is 0. The van der Waals surface area contributed by atoms with Crippen molar-refractivity contribution < 1.29 is 4.42 Å². The second kappa shape index (κ2) is 5.38. The summed E-state index contributed by atoms with van der Waals surface area (Å²) in [6.07, 6.45) is 6.12. The maximum absolute atomic E-state index is 7.10. The first kappa shape index (κ1) is 12.7. The van der Waals surface area contributed by atoms with Gasteiger partial charge in [0.1, 0.15) is 6.33 Å². The first-order valence-corrected chi connectivity index (χ1v) is 6.09. The SMILES string of the molecule is [C-]#[N+]c1cc(C)cc(-c2ncn(/C=C\c3nnco3)n2)c1. The maximum Gasteiger partial charge on any atom is 0.241 e. The van der Waals surface area contributed by atoms with E-state index < -0.39 is 0 Å². The lowest BCUT2D eigenvalue weighted by molar-refractivity contribution is 0.542. The Bertz CT molecular complexity index is 826. The predicted octanol–water partition coefficient (Wildman–Crippen LogP) is 2.82. The molecule has 2 aromatic heterocycles. The summed E-state index contributed by atoms with van der Waals surface area (Å²) in [5.41, 5.74) is 2.38. The average molecular weight is 278 g/mol. The molecule has 0 aliphatic rings. The summed E-state index contributed by atoms with van der Waals surface area (Å²) in [4.78, 5) is 7.67. The van der Waals surface area contributed by atoms with E-state index in [1.54, 1.807) is 29.4 Å². The number of benzene rings is 1. The summed E-state index contributed by atoms with van der Waals surface area (Å²) in [6, 6.07) is 5.53. The minimum absolute atomic E-state index is 0.387. The standard InChI is InChI=1S/C14H10N6O/c1-10-5-11(7-12(6-10)15-2)14-16-8-20(19-14)4-3-13-18-17-9-21-13/h3-9H,1H3/b4-3-. The van der Waals surface area contributed by atoms with Crippen LogP contribution >= 0.6 is 0 Å². The van der Waals surface area contributed by atoms with Gasteiger partial charge in [0.25, 0.3) is 0 Å². The third kappa shape index (κ3) is 2.84. The summed E-state index contributed by atoms with van der Waals surface area (Å²) in [5, 5.41) is 11.6. The molecule has 21 heavy (non-hydrogen) atoms. The Labute approximate surface area is 120 Å². The third-order valence-corrected chi connectivity index (χ3v) is 2.70. The summed E-state index contributed by atoms with van der Waals surface area (Å²) < 4.78 is 6.53. The molecule has 1 aromatic carbocycles. The Hall–Kier alpha value is -3.27. The monoisotopic (exact) mass is 278 g/mol. The van der Waals surface area contributed by atoms with E-state index in [4.69, 9.17) is 11.0 Å². The molecule has 7 heteroatoms. The lowest BCUT2D eigenvalue weighted by atomic mass is 10.1. The van der Waals surface area contributed by atoms with Crippen molar-refractivity contribution >= 4 is 18.0 Å². The largest absolute Gasteiger partial charge is 0.424 e.